The monoisotopic (exact) mass is 118 g/mol. The highest BCUT2D eigenvalue weighted by Crippen LogP contribution is 2.08. The van der Waals surface area contributed by atoms with Crippen LogP contribution in [0.25, 0.3) is 0 Å². The maximum Gasteiger partial charge on any atom is 0.203 e. The fourth-order valence-electron chi connectivity index (χ4n) is 0.257. The van der Waals surface area contributed by atoms with Crippen LogP contribution in [-0.2, 0) is 4.74 Å². The van der Waals surface area contributed by atoms with Gasteiger partial charge in [0, 0.05) is 0 Å². The lowest BCUT2D eigenvalue weighted by Gasteiger charge is -2.12. The van der Waals surface area contributed by atoms with E-state index in [9.17, 15) is 4.39 Å². The molecule has 1 nitrogen and oxygen atoms in total. The van der Waals surface area contributed by atoms with Crippen LogP contribution in [0.15, 0.2) is 12.7 Å². The molecule has 0 aliphatic carbocycles. The summed E-state index contributed by atoms with van der Waals surface area (Å²) in [6, 6.07) is 0. The van der Waals surface area contributed by atoms with Gasteiger partial charge in [-0.05, 0) is 13.8 Å². The molecule has 0 saturated carbocycles. The topological polar surface area (TPSA) is 9.23 Å². The number of alkyl halides is 1. The van der Waals surface area contributed by atoms with Crippen LogP contribution < -0.4 is 0 Å². The smallest absolute Gasteiger partial charge is 0.203 e. The lowest BCUT2D eigenvalue weighted by molar-refractivity contribution is -0.105. The van der Waals surface area contributed by atoms with Gasteiger partial charge in [-0.25, -0.2) is 4.39 Å². The largest absolute Gasteiger partial charge is 0.342 e. The predicted octanol–water partition coefficient (Wildman–Crippen LogP) is 1.89. The molecular formula is C6H11FO. The van der Waals surface area contributed by atoms with Crippen molar-refractivity contribution in [2.24, 2.45) is 0 Å². The SMILES string of the molecule is C=CCOC(C)(C)F. The van der Waals surface area contributed by atoms with Gasteiger partial charge in [-0.3, -0.25) is 0 Å². The molecule has 0 saturated heterocycles. The Morgan fingerprint density at radius 1 is 1.75 bits per heavy atom. The Hall–Kier alpha value is -0.370. The van der Waals surface area contributed by atoms with Gasteiger partial charge in [-0.1, -0.05) is 6.08 Å². The molecular weight excluding hydrogens is 107 g/mol. The molecule has 0 rings (SSSR count). The molecule has 0 aromatic heterocycles. The molecule has 0 aromatic rings. The van der Waals surface area contributed by atoms with Crippen LogP contribution in [-0.4, -0.2) is 12.5 Å². The van der Waals surface area contributed by atoms with Crippen molar-refractivity contribution in [3.8, 4) is 0 Å². The Bertz CT molecular complexity index is 73.1. The number of ether oxygens (including phenoxy) is 1. The van der Waals surface area contributed by atoms with E-state index in [0.29, 0.717) is 0 Å². The molecule has 0 aliphatic heterocycles. The quantitative estimate of drug-likeness (QED) is 0.514. The van der Waals surface area contributed by atoms with Crippen LogP contribution in [0.1, 0.15) is 13.8 Å². The Balaban J connectivity index is 3.24. The van der Waals surface area contributed by atoms with Gasteiger partial charge in [0.15, 0.2) is 0 Å². The molecule has 0 heterocycles. The fourth-order valence-corrected chi connectivity index (χ4v) is 0.257. The average molecular weight is 118 g/mol. The highest BCUT2D eigenvalue weighted by atomic mass is 19.2. The van der Waals surface area contributed by atoms with Gasteiger partial charge in [0.2, 0.25) is 5.85 Å². The fraction of sp³-hybridized carbons (Fsp3) is 0.667. The van der Waals surface area contributed by atoms with Crippen molar-refractivity contribution in [1.82, 2.24) is 0 Å². The van der Waals surface area contributed by atoms with E-state index in [2.05, 4.69) is 11.3 Å². The summed E-state index contributed by atoms with van der Waals surface area (Å²) in [5, 5.41) is 0. The van der Waals surface area contributed by atoms with Gasteiger partial charge in [-0.2, -0.15) is 0 Å². The van der Waals surface area contributed by atoms with Crippen LogP contribution >= 0.6 is 0 Å². The third kappa shape index (κ3) is 5.63. The van der Waals surface area contributed by atoms with E-state index in [0.717, 1.165) is 0 Å². The van der Waals surface area contributed by atoms with Crippen LogP contribution in [0.4, 0.5) is 4.39 Å². The first kappa shape index (κ1) is 7.63. The molecule has 0 radical (unpaired) electrons. The highest BCUT2D eigenvalue weighted by molar-refractivity contribution is 4.65. The summed E-state index contributed by atoms with van der Waals surface area (Å²) in [5.74, 6) is -1.52. The van der Waals surface area contributed by atoms with Gasteiger partial charge >= 0.3 is 0 Å². The lowest BCUT2D eigenvalue weighted by atomic mass is 10.4. The zero-order valence-corrected chi connectivity index (χ0v) is 5.28. The van der Waals surface area contributed by atoms with E-state index >= 15 is 0 Å². The maximum absolute atomic E-state index is 12.3. The summed E-state index contributed by atoms with van der Waals surface area (Å²) < 4.78 is 16.9. The number of hydrogen-bond acceptors (Lipinski definition) is 1. The molecule has 8 heavy (non-hydrogen) atoms. The Morgan fingerprint density at radius 2 is 2.25 bits per heavy atom. The minimum Gasteiger partial charge on any atom is -0.342 e. The summed E-state index contributed by atoms with van der Waals surface area (Å²) in [4.78, 5) is 0. The predicted molar refractivity (Wildman–Crippen MR) is 31.3 cm³/mol. The Kier molecular flexibility index (Phi) is 2.69. The Labute approximate surface area is 49.2 Å². The zero-order chi connectivity index (χ0) is 6.62. The van der Waals surface area contributed by atoms with Crippen molar-refractivity contribution in [3.63, 3.8) is 0 Å². The normalized spacial score (nSPS) is 11.4. The lowest BCUT2D eigenvalue weighted by Crippen LogP contribution is -2.16. The summed E-state index contributed by atoms with van der Waals surface area (Å²) in [5.41, 5.74) is 0. The van der Waals surface area contributed by atoms with E-state index in [1.807, 2.05) is 0 Å². The minimum absolute atomic E-state index is 0.267. The van der Waals surface area contributed by atoms with E-state index in [-0.39, 0.29) is 6.61 Å². The molecule has 2 heteroatoms. The van der Waals surface area contributed by atoms with E-state index in [1.54, 1.807) is 0 Å². The van der Waals surface area contributed by atoms with Gasteiger partial charge in [-0.15, -0.1) is 6.58 Å². The third-order valence-corrected chi connectivity index (χ3v) is 0.544. The van der Waals surface area contributed by atoms with Crippen molar-refractivity contribution in [1.29, 1.82) is 0 Å². The second kappa shape index (κ2) is 2.82. The van der Waals surface area contributed by atoms with Gasteiger partial charge in [0.25, 0.3) is 0 Å². The maximum atomic E-state index is 12.3. The number of rotatable bonds is 3. The standard InChI is InChI=1S/C6H11FO/c1-4-5-8-6(2,3)7/h4H,1,5H2,2-3H3. The minimum atomic E-state index is -1.52. The molecule has 0 aliphatic rings. The second-order valence-corrected chi connectivity index (χ2v) is 1.96. The first-order chi connectivity index (χ1) is 3.56. The van der Waals surface area contributed by atoms with E-state index in [1.165, 1.54) is 19.9 Å². The number of hydrogen-bond donors (Lipinski definition) is 0. The second-order valence-electron chi connectivity index (χ2n) is 1.96. The molecule has 48 valence electrons. The van der Waals surface area contributed by atoms with Crippen LogP contribution in [0, 0.1) is 0 Å². The third-order valence-electron chi connectivity index (χ3n) is 0.544. The van der Waals surface area contributed by atoms with Gasteiger partial charge in [0.05, 0.1) is 6.61 Å². The molecule has 0 spiro atoms. The van der Waals surface area contributed by atoms with Crippen molar-refractivity contribution < 1.29 is 9.13 Å². The van der Waals surface area contributed by atoms with Crippen molar-refractivity contribution >= 4 is 0 Å². The Morgan fingerprint density at radius 3 is 2.38 bits per heavy atom. The zero-order valence-electron chi connectivity index (χ0n) is 5.28. The van der Waals surface area contributed by atoms with Gasteiger partial charge < -0.3 is 4.74 Å². The van der Waals surface area contributed by atoms with Crippen LogP contribution in [0.5, 0.6) is 0 Å². The van der Waals surface area contributed by atoms with Crippen LogP contribution in [0.3, 0.4) is 0 Å². The summed E-state index contributed by atoms with van der Waals surface area (Å²) >= 11 is 0. The molecule has 0 fully saturated rings. The summed E-state index contributed by atoms with van der Waals surface area (Å²) in [6.07, 6.45) is 1.52. The van der Waals surface area contributed by atoms with Crippen molar-refractivity contribution in [3.05, 3.63) is 12.7 Å². The average Bonchev–Trinajstić information content (AvgIpc) is 1.59. The number of halogens is 1. The molecule has 0 N–H and O–H groups in total. The van der Waals surface area contributed by atoms with Crippen molar-refractivity contribution in [2.45, 2.75) is 19.7 Å². The van der Waals surface area contributed by atoms with Gasteiger partial charge in [0.1, 0.15) is 0 Å². The molecule has 0 amide bonds. The molecule has 0 unspecified atom stereocenters. The van der Waals surface area contributed by atoms with E-state index in [4.69, 9.17) is 0 Å². The highest BCUT2D eigenvalue weighted by Gasteiger charge is 2.12. The van der Waals surface area contributed by atoms with Crippen molar-refractivity contribution in [2.75, 3.05) is 6.61 Å². The van der Waals surface area contributed by atoms with E-state index < -0.39 is 5.85 Å². The molecule has 0 bridgehead atoms. The summed E-state index contributed by atoms with van der Waals surface area (Å²) in [6.45, 7) is 6.35. The molecule has 0 atom stereocenters. The first-order valence-electron chi connectivity index (χ1n) is 2.50. The molecule has 0 aromatic carbocycles. The summed E-state index contributed by atoms with van der Waals surface area (Å²) in [7, 11) is 0. The first-order valence-corrected chi connectivity index (χ1v) is 2.50. The van der Waals surface area contributed by atoms with Crippen LogP contribution in [0.2, 0.25) is 0 Å².